The van der Waals surface area contributed by atoms with E-state index in [1.165, 1.54) is 0 Å². The van der Waals surface area contributed by atoms with Crippen molar-refractivity contribution in [3.63, 3.8) is 0 Å². The molecule has 5 rings (SSSR count). The van der Waals surface area contributed by atoms with Crippen molar-refractivity contribution >= 4 is 34.7 Å². The van der Waals surface area contributed by atoms with Crippen LogP contribution in [0.2, 0.25) is 0 Å². The maximum absolute atomic E-state index is 13.7. The van der Waals surface area contributed by atoms with Crippen molar-refractivity contribution < 1.29 is 19.1 Å². The standard InChI is InChI=1S/C31H37N5O4/c1-3-40-28-12-6-4-10-25(28)33-31(38)32-23-14-15-26(24(22-23)30(37)36-16-8-9-17-36)34-18-20-35(21-19-34)27-11-5-7-13-29(27)39-2/h4-7,10-15,22H,3,8-9,16-21H2,1-2H3,(H2,32,33,38). The molecule has 2 N–H and O–H groups in total. The molecule has 0 atom stereocenters. The Balaban J connectivity index is 1.34. The van der Waals surface area contributed by atoms with Crippen molar-refractivity contribution in [2.24, 2.45) is 0 Å². The second-order valence-corrected chi connectivity index (χ2v) is 9.89. The molecule has 0 radical (unpaired) electrons. The molecule has 40 heavy (non-hydrogen) atoms. The third kappa shape index (κ3) is 6.09. The van der Waals surface area contributed by atoms with Crippen LogP contribution in [0.3, 0.4) is 0 Å². The zero-order valence-electron chi connectivity index (χ0n) is 23.2. The van der Waals surface area contributed by atoms with Crippen LogP contribution in [0.4, 0.5) is 27.5 Å². The predicted molar refractivity (Wildman–Crippen MR) is 159 cm³/mol. The molecule has 0 saturated carbocycles. The fraction of sp³-hybridized carbons (Fsp3) is 0.355. The van der Waals surface area contributed by atoms with E-state index in [1.54, 1.807) is 19.2 Å². The first-order valence-electron chi connectivity index (χ1n) is 13.9. The summed E-state index contributed by atoms with van der Waals surface area (Å²) in [6, 6.07) is 20.6. The highest BCUT2D eigenvalue weighted by atomic mass is 16.5. The Kier molecular flexibility index (Phi) is 8.59. The van der Waals surface area contributed by atoms with Gasteiger partial charge in [-0.2, -0.15) is 0 Å². The molecule has 9 heteroatoms. The van der Waals surface area contributed by atoms with Gasteiger partial charge < -0.3 is 34.8 Å². The highest BCUT2D eigenvalue weighted by Crippen LogP contribution is 2.32. The Morgan fingerprint density at radius 1 is 0.775 bits per heavy atom. The van der Waals surface area contributed by atoms with E-state index in [0.717, 1.165) is 69.2 Å². The lowest BCUT2D eigenvalue weighted by molar-refractivity contribution is 0.0793. The Morgan fingerprint density at radius 2 is 1.43 bits per heavy atom. The molecule has 0 bridgehead atoms. The quantitative estimate of drug-likeness (QED) is 0.401. The summed E-state index contributed by atoms with van der Waals surface area (Å²) < 4.78 is 11.2. The van der Waals surface area contributed by atoms with E-state index in [1.807, 2.05) is 60.4 Å². The molecule has 2 saturated heterocycles. The van der Waals surface area contributed by atoms with Gasteiger partial charge in [-0.15, -0.1) is 0 Å². The monoisotopic (exact) mass is 543 g/mol. The van der Waals surface area contributed by atoms with Crippen LogP contribution >= 0.6 is 0 Å². The molecule has 0 unspecified atom stereocenters. The Bertz CT molecular complexity index is 1330. The number of likely N-dealkylation sites (tertiary alicyclic amines) is 1. The molecule has 2 heterocycles. The SMILES string of the molecule is CCOc1ccccc1NC(=O)Nc1ccc(N2CCN(c3ccccc3OC)CC2)c(C(=O)N2CCCC2)c1. The summed E-state index contributed by atoms with van der Waals surface area (Å²) in [6.07, 6.45) is 2.02. The van der Waals surface area contributed by atoms with Gasteiger partial charge in [0.15, 0.2) is 0 Å². The molecule has 3 aromatic rings. The number of ether oxygens (including phenoxy) is 2. The number of hydrogen-bond donors (Lipinski definition) is 2. The predicted octanol–water partition coefficient (Wildman–Crippen LogP) is 5.30. The van der Waals surface area contributed by atoms with E-state index in [0.29, 0.717) is 29.3 Å². The third-order valence-corrected chi connectivity index (χ3v) is 7.36. The number of hydrogen-bond acceptors (Lipinski definition) is 6. The van der Waals surface area contributed by atoms with E-state index >= 15 is 0 Å². The number of carbonyl (C=O) groups is 2. The van der Waals surface area contributed by atoms with Crippen LogP contribution in [0.15, 0.2) is 66.7 Å². The molecular weight excluding hydrogens is 506 g/mol. The lowest BCUT2D eigenvalue weighted by atomic mass is 10.1. The Hall–Kier alpha value is -4.40. The number of methoxy groups -OCH3 is 1. The summed E-state index contributed by atoms with van der Waals surface area (Å²) in [5.41, 5.74) is 3.73. The molecule has 3 aromatic carbocycles. The van der Waals surface area contributed by atoms with Crippen LogP contribution in [0, 0.1) is 0 Å². The van der Waals surface area contributed by atoms with Gasteiger partial charge in [0.1, 0.15) is 11.5 Å². The van der Waals surface area contributed by atoms with Crippen molar-refractivity contribution in [1.82, 2.24) is 4.90 Å². The van der Waals surface area contributed by atoms with Crippen LogP contribution in [-0.4, -0.2) is 69.8 Å². The number of amides is 3. The second-order valence-electron chi connectivity index (χ2n) is 9.89. The molecule has 0 aromatic heterocycles. The van der Waals surface area contributed by atoms with Gasteiger partial charge in [0.05, 0.1) is 30.7 Å². The number of benzene rings is 3. The molecule has 9 nitrogen and oxygen atoms in total. The van der Waals surface area contributed by atoms with Gasteiger partial charge in [-0.25, -0.2) is 4.79 Å². The summed E-state index contributed by atoms with van der Waals surface area (Å²) in [6.45, 7) is 7.04. The number of nitrogens with one attached hydrogen (secondary N) is 2. The normalized spacial score (nSPS) is 15.1. The second kappa shape index (κ2) is 12.6. The Morgan fingerprint density at radius 3 is 2.12 bits per heavy atom. The topological polar surface area (TPSA) is 86.4 Å². The van der Waals surface area contributed by atoms with Crippen LogP contribution in [0.1, 0.15) is 30.1 Å². The summed E-state index contributed by atoms with van der Waals surface area (Å²) in [5, 5.41) is 5.76. The lowest BCUT2D eigenvalue weighted by Crippen LogP contribution is -2.47. The molecule has 2 aliphatic heterocycles. The average Bonchev–Trinajstić information content (AvgIpc) is 3.53. The molecule has 3 amide bonds. The van der Waals surface area contributed by atoms with Gasteiger partial charge >= 0.3 is 6.03 Å². The zero-order chi connectivity index (χ0) is 27.9. The minimum Gasteiger partial charge on any atom is -0.495 e. The number of para-hydroxylation sites is 4. The molecule has 2 aliphatic rings. The van der Waals surface area contributed by atoms with Crippen molar-refractivity contribution in [1.29, 1.82) is 0 Å². The molecule has 0 aliphatic carbocycles. The number of carbonyl (C=O) groups excluding carboxylic acids is 2. The minimum absolute atomic E-state index is 0.00501. The van der Waals surface area contributed by atoms with Gasteiger partial charge in [0.2, 0.25) is 0 Å². The largest absolute Gasteiger partial charge is 0.495 e. The highest BCUT2D eigenvalue weighted by Gasteiger charge is 2.27. The summed E-state index contributed by atoms with van der Waals surface area (Å²) >= 11 is 0. The summed E-state index contributed by atoms with van der Waals surface area (Å²) in [4.78, 5) is 33.0. The first-order valence-corrected chi connectivity index (χ1v) is 13.9. The number of nitrogens with zero attached hydrogens (tertiary/aromatic N) is 3. The number of piperazine rings is 1. The van der Waals surface area contributed by atoms with Gasteiger partial charge in [0, 0.05) is 50.6 Å². The van der Waals surface area contributed by atoms with Gasteiger partial charge in [-0.1, -0.05) is 24.3 Å². The molecule has 210 valence electrons. The maximum Gasteiger partial charge on any atom is 0.323 e. The lowest BCUT2D eigenvalue weighted by Gasteiger charge is -2.38. The molecular formula is C31H37N5O4. The van der Waals surface area contributed by atoms with Crippen molar-refractivity contribution in [2.75, 3.05) is 73.4 Å². The molecule has 0 spiro atoms. The first kappa shape index (κ1) is 27.2. The van der Waals surface area contributed by atoms with Crippen LogP contribution in [-0.2, 0) is 0 Å². The van der Waals surface area contributed by atoms with Gasteiger partial charge in [-0.05, 0) is 62.2 Å². The zero-order valence-corrected chi connectivity index (χ0v) is 23.2. The van der Waals surface area contributed by atoms with E-state index in [2.05, 4.69) is 26.5 Å². The van der Waals surface area contributed by atoms with Crippen LogP contribution in [0.25, 0.3) is 0 Å². The first-order chi connectivity index (χ1) is 19.6. The van der Waals surface area contributed by atoms with Crippen molar-refractivity contribution in [3.8, 4) is 11.5 Å². The number of anilines is 4. The number of urea groups is 1. The van der Waals surface area contributed by atoms with Gasteiger partial charge in [-0.3, -0.25) is 4.79 Å². The number of rotatable bonds is 8. The molecule has 2 fully saturated rings. The Labute approximate surface area is 235 Å². The summed E-state index contributed by atoms with van der Waals surface area (Å²) in [5.74, 6) is 1.47. The average molecular weight is 544 g/mol. The van der Waals surface area contributed by atoms with E-state index in [-0.39, 0.29) is 5.91 Å². The van der Waals surface area contributed by atoms with Crippen molar-refractivity contribution in [2.45, 2.75) is 19.8 Å². The van der Waals surface area contributed by atoms with Crippen LogP contribution in [0.5, 0.6) is 11.5 Å². The third-order valence-electron chi connectivity index (χ3n) is 7.36. The van der Waals surface area contributed by atoms with Gasteiger partial charge in [0.25, 0.3) is 5.91 Å². The maximum atomic E-state index is 13.7. The highest BCUT2D eigenvalue weighted by molar-refractivity contribution is 6.04. The van der Waals surface area contributed by atoms with Crippen LogP contribution < -0.4 is 29.9 Å². The fourth-order valence-electron chi connectivity index (χ4n) is 5.37. The smallest absolute Gasteiger partial charge is 0.323 e. The minimum atomic E-state index is -0.398. The van der Waals surface area contributed by atoms with Crippen molar-refractivity contribution in [3.05, 3.63) is 72.3 Å². The van der Waals surface area contributed by atoms with E-state index in [4.69, 9.17) is 9.47 Å². The van der Waals surface area contributed by atoms with E-state index < -0.39 is 6.03 Å². The summed E-state index contributed by atoms with van der Waals surface area (Å²) in [7, 11) is 1.69. The van der Waals surface area contributed by atoms with E-state index in [9.17, 15) is 9.59 Å². The fourth-order valence-corrected chi connectivity index (χ4v) is 5.37.